The molecule has 9 rings (SSSR count). The van der Waals surface area contributed by atoms with Gasteiger partial charge in [0.2, 0.25) is 0 Å². The second-order valence-electron chi connectivity index (χ2n) is 10.9. The number of hydrogen-bond donors (Lipinski definition) is 0. The predicted molar refractivity (Wildman–Crippen MR) is 180 cm³/mol. The number of rotatable bonds is 4. The molecule has 3 heterocycles. The fourth-order valence-corrected chi connectivity index (χ4v) is 6.68. The summed E-state index contributed by atoms with van der Waals surface area (Å²) in [6.07, 6.45) is 5.77. The van der Waals surface area contributed by atoms with E-state index in [1.165, 1.54) is 0 Å². The number of hydrogen-bond acceptors (Lipinski definition) is 2. The van der Waals surface area contributed by atoms with E-state index in [0.717, 1.165) is 88.1 Å². The highest BCUT2D eigenvalue weighted by molar-refractivity contribution is 6.24. The van der Waals surface area contributed by atoms with Gasteiger partial charge in [-0.3, -0.25) is 0 Å². The van der Waals surface area contributed by atoms with E-state index >= 15 is 0 Å². The maximum Gasteiger partial charge on any atom is 0.145 e. The molecule has 0 fully saturated rings. The predicted octanol–water partition coefficient (Wildman–Crippen LogP) is 11.4. The molecule has 0 unspecified atom stereocenters. The van der Waals surface area contributed by atoms with Crippen molar-refractivity contribution < 1.29 is 8.83 Å². The Labute approximate surface area is 247 Å². The summed E-state index contributed by atoms with van der Waals surface area (Å²) < 4.78 is 15.5. The quantitative estimate of drug-likeness (QED) is 0.204. The van der Waals surface area contributed by atoms with Crippen LogP contribution in [0, 0.1) is 0 Å². The van der Waals surface area contributed by atoms with Gasteiger partial charge in [-0.25, -0.2) is 0 Å². The van der Waals surface area contributed by atoms with Crippen LogP contribution in [-0.2, 0) is 0 Å². The van der Waals surface area contributed by atoms with Crippen molar-refractivity contribution in [2.24, 2.45) is 0 Å². The fourth-order valence-electron chi connectivity index (χ4n) is 6.68. The van der Waals surface area contributed by atoms with E-state index in [2.05, 4.69) is 120 Å². The van der Waals surface area contributed by atoms with Crippen LogP contribution in [0.15, 0.2) is 149 Å². The molecule has 0 aliphatic rings. The fraction of sp³-hybridized carbons (Fsp3) is 0. The first kappa shape index (κ1) is 23.9. The van der Waals surface area contributed by atoms with Gasteiger partial charge in [0.15, 0.2) is 0 Å². The zero-order valence-corrected chi connectivity index (χ0v) is 23.2. The number of nitrogens with zero attached hydrogens (tertiary/aromatic N) is 1. The Hall–Kier alpha value is -5.80. The van der Waals surface area contributed by atoms with Gasteiger partial charge in [0.25, 0.3) is 0 Å². The van der Waals surface area contributed by atoms with Crippen molar-refractivity contribution in [1.82, 2.24) is 4.57 Å². The number of aromatic nitrogens is 1. The Morgan fingerprint density at radius 3 is 2.19 bits per heavy atom. The van der Waals surface area contributed by atoms with E-state index in [-0.39, 0.29) is 0 Å². The highest BCUT2D eigenvalue weighted by Gasteiger charge is 2.20. The third-order valence-electron chi connectivity index (χ3n) is 8.57. The number of allylic oxidation sites excluding steroid dienone is 2. The number of fused-ring (bicyclic) bond motifs is 10. The summed E-state index contributed by atoms with van der Waals surface area (Å²) in [5.41, 5.74) is 10.1. The van der Waals surface area contributed by atoms with Crippen LogP contribution in [0.5, 0.6) is 0 Å². The molecule has 43 heavy (non-hydrogen) atoms. The molecule has 3 heteroatoms. The van der Waals surface area contributed by atoms with E-state index < -0.39 is 0 Å². The Kier molecular flexibility index (Phi) is 5.05. The van der Waals surface area contributed by atoms with Crippen LogP contribution in [0.25, 0.3) is 88.6 Å². The van der Waals surface area contributed by atoms with E-state index in [0.29, 0.717) is 0 Å². The molecule has 3 aromatic heterocycles. The van der Waals surface area contributed by atoms with E-state index in [1.807, 2.05) is 24.3 Å². The minimum Gasteiger partial charge on any atom is -0.455 e. The molecule has 0 aliphatic carbocycles. The Balaban J connectivity index is 1.36. The average molecular weight is 552 g/mol. The maximum absolute atomic E-state index is 6.64. The summed E-state index contributed by atoms with van der Waals surface area (Å²) in [4.78, 5) is 0. The van der Waals surface area contributed by atoms with E-state index in [4.69, 9.17) is 8.83 Å². The molecule has 202 valence electrons. The third kappa shape index (κ3) is 3.42. The lowest BCUT2D eigenvalue weighted by Gasteiger charge is -2.09. The molecule has 0 saturated heterocycles. The molecule has 0 spiro atoms. The topological polar surface area (TPSA) is 31.2 Å². The average Bonchev–Trinajstić information content (AvgIpc) is 3.73. The maximum atomic E-state index is 6.64. The lowest BCUT2D eigenvalue weighted by Crippen LogP contribution is -1.93. The van der Waals surface area contributed by atoms with Crippen LogP contribution >= 0.6 is 0 Å². The summed E-state index contributed by atoms with van der Waals surface area (Å²) in [7, 11) is 0. The van der Waals surface area contributed by atoms with Gasteiger partial charge in [0.05, 0.1) is 16.4 Å². The first-order valence-electron chi connectivity index (χ1n) is 14.5. The molecule has 0 atom stereocenters. The molecule has 6 aromatic carbocycles. The van der Waals surface area contributed by atoms with Gasteiger partial charge in [-0.15, -0.1) is 0 Å². The van der Waals surface area contributed by atoms with Crippen molar-refractivity contribution >= 4 is 71.8 Å². The second-order valence-corrected chi connectivity index (χ2v) is 10.9. The summed E-state index contributed by atoms with van der Waals surface area (Å²) >= 11 is 0. The third-order valence-corrected chi connectivity index (χ3v) is 8.57. The van der Waals surface area contributed by atoms with Crippen molar-refractivity contribution in [2.45, 2.75) is 0 Å². The van der Waals surface area contributed by atoms with Gasteiger partial charge in [-0.05, 0) is 42.0 Å². The van der Waals surface area contributed by atoms with Crippen molar-refractivity contribution in [3.05, 3.63) is 146 Å². The van der Waals surface area contributed by atoms with Crippen LogP contribution in [-0.4, -0.2) is 4.57 Å². The van der Waals surface area contributed by atoms with Crippen LogP contribution < -0.4 is 0 Å². The van der Waals surface area contributed by atoms with Crippen molar-refractivity contribution in [2.75, 3.05) is 0 Å². The monoisotopic (exact) mass is 551 g/mol. The SMILES string of the molecule is C=CC=Cc1cccc2c1oc1c(-c3ccc4c5c6oc7ccccc7c6ccc5n(-c5ccccc5)c4c3)cccc12. The summed E-state index contributed by atoms with van der Waals surface area (Å²) in [6.45, 7) is 3.82. The summed E-state index contributed by atoms with van der Waals surface area (Å²) in [6, 6.07) is 42.7. The lowest BCUT2D eigenvalue weighted by atomic mass is 10.00. The molecule has 0 saturated carbocycles. The number of furan rings is 2. The van der Waals surface area contributed by atoms with E-state index in [1.54, 1.807) is 6.08 Å². The highest BCUT2D eigenvalue weighted by Crippen LogP contribution is 2.43. The molecule has 0 N–H and O–H groups in total. The molecule has 0 bridgehead atoms. The lowest BCUT2D eigenvalue weighted by molar-refractivity contribution is 0.669. The van der Waals surface area contributed by atoms with Gasteiger partial charge in [-0.2, -0.15) is 0 Å². The van der Waals surface area contributed by atoms with Gasteiger partial charge < -0.3 is 13.4 Å². The first-order chi connectivity index (χ1) is 21.3. The second kappa shape index (κ2) is 9.10. The molecule has 0 amide bonds. The molecule has 0 radical (unpaired) electrons. The van der Waals surface area contributed by atoms with Crippen molar-refractivity contribution in [3.8, 4) is 16.8 Å². The number of para-hydroxylation sites is 4. The highest BCUT2D eigenvalue weighted by atomic mass is 16.3. The van der Waals surface area contributed by atoms with Gasteiger partial charge >= 0.3 is 0 Å². The summed E-state index contributed by atoms with van der Waals surface area (Å²) in [5, 5.41) is 6.76. The minimum atomic E-state index is 0.884. The standard InChI is InChI=1S/C40H25NO2/c1-2-3-11-25-12-9-17-30-31-18-10-16-28(39(31)43-38(25)30)26-20-21-33-35(24-26)41(27-13-5-4-6-14-27)34-23-22-32-29-15-7-8-19-36(29)42-40(32)37(33)34/h2-24H,1H2. The van der Waals surface area contributed by atoms with Crippen molar-refractivity contribution in [3.63, 3.8) is 0 Å². The van der Waals surface area contributed by atoms with Crippen LogP contribution in [0.4, 0.5) is 0 Å². The van der Waals surface area contributed by atoms with Crippen molar-refractivity contribution in [1.29, 1.82) is 0 Å². The van der Waals surface area contributed by atoms with Crippen LogP contribution in [0.2, 0.25) is 0 Å². The molecular formula is C40H25NO2. The van der Waals surface area contributed by atoms with Crippen LogP contribution in [0.3, 0.4) is 0 Å². The largest absolute Gasteiger partial charge is 0.455 e. The molecule has 3 nitrogen and oxygen atoms in total. The van der Waals surface area contributed by atoms with Gasteiger partial charge in [-0.1, -0.05) is 110 Å². The normalized spacial score (nSPS) is 12.2. The Morgan fingerprint density at radius 1 is 0.558 bits per heavy atom. The van der Waals surface area contributed by atoms with E-state index in [9.17, 15) is 0 Å². The molecule has 0 aliphatic heterocycles. The first-order valence-corrected chi connectivity index (χ1v) is 14.5. The Morgan fingerprint density at radius 2 is 1.30 bits per heavy atom. The van der Waals surface area contributed by atoms with Gasteiger partial charge in [0.1, 0.15) is 22.3 Å². The van der Waals surface area contributed by atoms with Gasteiger partial charge in [0, 0.05) is 43.7 Å². The smallest absolute Gasteiger partial charge is 0.145 e. The van der Waals surface area contributed by atoms with Crippen LogP contribution in [0.1, 0.15) is 5.56 Å². The molecule has 9 aromatic rings. The molecular weight excluding hydrogens is 526 g/mol. The number of benzene rings is 6. The Bertz CT molecular complexity index is 2570. The minimum absolute atomic E-state index is 0.884. The zero-order chi connectivity index (χ0) is 28.5. The summed E-state index contributed by atoms with van der Waals surface area (Å²) in [5.74, 6) is 0. The zero-order valence-electron chi connectivity index (χ0n) is 23.2.